The van der Waals surface area contributed by atoms with Gasteiger partial charge in [-0.25, -0.2) is 0 Å². The minimum absolute atomic E-state index is 0.207. The summed E-state index contributed by atoms with van der Waals surface area (Å²) in [4.78, 5) is 9.85. The Labute approximate surface area is 135 Å². The molecule has 2 aromatic rings. The van der Waals surface area contributed by atoms with E-state index in [9.17, 15) is 0 Å². The normalized spacial score (nSPS) is 19.8. The molecule has 3 N–H and O–H groups in total. The number of rotatable bonds is 3. The molecule has 1 unspecified atom stereocenters. The van der Waals surface area contributed by atoms with Crippen molar-refractivity contribution in [2.75, 3.05) is 26.2 Å². The Bertz CT molecular complexity index is 682. The number of benzene rings is 1. The van der Waals surface area contributed by atoms with E-state index in [-0.39, 0.29) is 6.10 Å². The summed E-state index contributed by atoms with van der Waals surface area (Å²) >= 11 is 6.07. The molecule has 0 radical (unpaired) electrons. The van der Waals surface area contributed by atoms with Crippen LogP contribution in [0, 0.1) is 0 Å². The van der Waals surface area contributed by atoms with Crippen LogP contribution >= 0.6 is 11.6 Å². The largest absolute Gasteiger partial charge is 0.375 e. The van der Waals surface area contributed by atoms with Crippen molar-refractivity contribution < 1.29 is 4.74 Å². The Hall–Kier alpha value is -1.72. The second-order valence-electron chi connectivity index (χ2n) is 5.62. The van der Waals surface area contributed by atoms with Gasteiger partial charge in [-0.2, -0.15) is 0 Å². The zero-order valence-electron chi connectivity index (χ0n) is 12.7. The Kier molecular flexibility index (Phi) is 4.55. The molecular formula is C16H21ClN4O. The predicted molar refractivity (Wildman–Crippen MR) is 90.5 cm³/mol. The molecule has 1 fully saturated rings. The maximum absolute atomic E-state index is 6.08. The first kappa shape index (κ1) is 15.2. The fourth-order valence-electron chi connectivity index (χ4n) is 2.77. The van der Waals surface area contributed by atoms with E-state index in [1.54, 1.807) is 0 Å². The molecule has 0 spiro atoms. The van der Waals surface area contributed by atoms with Crippen LogP contribution in [0.5, 0.6) is 0 Å². The number of fused-ring (bicyclic) bond motifs is 1. The lowest BCUT2D eigenvalue weighted by Crippen LogP contribution is -2.47. The summed E-state index contributed by atoms with van der Waals surface area (Å²) in [5.74, 6) is 0.605. The van der Waals surface area contributed by atoms with Crippen LogP contribution < -0.4 is 5.73 Å². The van der Waals surface area contributed by atoms with Crippen molar-refractivity contribution in [1.82, 2.24) is 9.88 Å². The zero-order valence-corrected chi connectivity index (χ0v) is 13.4. The molecule has 1 aliphatic heterocycles. The summed E-state index contributed by atoms with van der Waals surface area (Å²) in [5, 5.41) is 1.90. The van der Waals surface area contributed by atoms with Gasteiger partial charge in [-0.05, 0) is 37.1 Å². The van der Waals surface area contributed by atoms with Gasteiger partial charge >= 0.3 is 0 Å². The number of hydrogen-bond acceptors (Lipinski definition) is 2. The molecule has 1 aliphatic rings. The maximum Gasteiger partial charge on any atom is 0.191 e. The van der Waals surface area contributed by atoms with Crippen molar-refractivity contribution >= 4 is 28.5 Å². The van der Waals surface area contributed by atoms with Gasteiger partial charge in [0.25, 0.3) is 0 Å². The number of morpholine rings is 1. The molecule has 22 heavy (non-hydrogen) atoms. The van der Waals surface area contributed by atoms with Gasteiger partial charge in [0.2, 0.25) is 0 Å². The number of guanidine groups is 1. The van der Waals surface area contributed by atoms with Crippen LogP contribution in [0.25, 0.3) is 10.9 Å². The van der Waals surface area contributed by atoms with Crippen LogP contribution in [0.1, 0.15) is 12.5 Å². The summed E-state index contributed by atoms with van der Waals surface area (Å²) in [6.45, 7) is 5.03. The van der Waals surface area contributed by atoms with E-state index in [1.165, 1.54) is 5.56 Å². The fourth-order valence-corrected chi connectivity index (χ4v) is 2.95. The van der Waals surface area contributed by atoms with Crippen LogP contribution in [0.2, 0.25) is 5.02 Å². The Balaban J connectivity index is 1.64. The Morgan fingerprint density at radius 2 is 2.41 bits per heavy atom. The molecule has 6 heteroatoms. The topological polar surface area (TPSA) is 66.6 Å². The van der Waals surface area contributed by atoms with Gasteiger partial charge in [-0.3, -0.25) is 4.99 Å². The van der Waals surface area contributed by atoms with Gasteiger partial charge in [0.1, 0.15) is 0 Å². The smallest absolute Gasteiger partial charge is 0.191 e. The number of ether oxygens (including phenoxy) is 1. The molecule has 1 atom stereocenters. The maximum atomic E-state index is 6.08. The molecule has 1 saturated heterocycles. The van der Waals surface area contributed by atoms with E-state index in [2.05, 4.69) is 21.8 Å². The van der Waals surface area contributed by atoms with Crippen molar-refractivity contribution in [3.05, 3.63) is 35.0 Å². The van der Waals surface area contributed by atoms with Crippen LogP contribution in [-0.4, -0.2) is 48.2 Å². The summed E-state index contributed by atoms with van der Waals surface area (Å²) in [5.41, 5.74) is 8.39. The van der Waals surface area contributed by atoms with E-state index in [1.807, 2.05) is 24.4 Å². The highest BCUT2D eigenvalue weighted by Crippen LogP contribution is 2.22. The van der Waals surface area contributed by atoms with Crippen LogP contribution in [0.4, 0.5) is 0 Å². The molecule has 1 aromatic carbocycles. The third kappa shape index (κ3) is 3.36. The van der Waals surface area contributed by atoms with Crippen molar-refractivity contribution in [3.63, 3.8) is 0 Å². The second-order valence-corrected chi connectivity index (χ2v) is 6.06. The van der Waals surface area contributed by atoms with Gasteiger partial charge < -0.3 is 20.4 Å². The quantitative estimate of drug-likeness (QED) is 0.674. The average molecular weight is 321 g/mol. The zero-order chi connectivity index (χ0) is 15.5. The molecule has 5 nitrogen and oxygen atoms in total. The third-order valence-corrected chi connectivity index (χ3v) is 4.18. The minimum Gasteiger partial charge on any atom is -0.375 e. The van der Waals surface area contributed by atoms with E-state index >= 15 is 0 Å². The van der Waals surface area contributed by atoms with E-state index < -0.39 is 0 Å². The van der Waals surface area contributed by atoms with Crippen molar-refractivity contribution in [1.29, 1.82) is 0 Å². The minimum atomic E-state index is 0.207. The third-order valence-electron chi connectivity index (χ3n) is 3.95. The highest BCUT2D eigenvalue weighted by Gasteiger charge is 2.17. The standard InChI is InChI=1S/C16H21ClN4O/c1-11-10-21(6-7-22-11)16(18)19-5-4-12-9-20-15-3-2-13(17)8-14(12)15/h2-3,8-9,11,20H,4-7,10H2,1H3,(H2,18,19). The lowest BCUT2D eigenvalue weighted by molar-refractivity contribution is 0.00530. The fraction of sp³-hybridized carbons (Fsp3) is 0.438. The number of nitrogens with one attached hydrogen (secondary N) is 1. The molecular weight excluding hydrogens is 300 g/mol. The molecule has 0 saturated carbocycles. The van der Waals surface area contributed by atoms with Gasteiger partial charge in [-0.1, -0.05) is 11.6 Å². The predicted octanol–water partition coefficient (Wildman–Crippen LogP) is 2.40. The summed E-state index contributed by atoms with van der Waals surface area (Å²) in [6, 6.07) is 5.87. The SMILES string of the molecule is CC1CN(C(N)=NCCc2c[nH]c3ccc(Cl)cc23)CCO1. The molecule has 3 rings (SSSR count). The van der Waals surface area contributed by atoms with Gasteiger partial charge in [-0.15, -0.1) is 0 Å². The van der Waals surface area contributed by atoms with Gasteiger partial charge in [0.05, 0.1) is 12.7 Å². The molecule has 0 aliphatic carbocycles. The lowest BCUT2D eigenvalue weighted by atomic mass is 10.1. The van der Waals surface area contributed by atoms with Crippen molar-refractivity contribution in [2.45, 2.75) is 19.4 Å². The lowest BCUT2D eigenvalue weighted by Gasteiger charge is -2.31. The van der Waals surface area contributed by atoms with Crippen LogP contribution in [0.15, 0.2) is 29.4 Å². The molecule has 0 amide bonds. The monoisotopic (exact) mass is 320 g/mol. The van der Waals surface area contributed by atoms with Crippen molar-refractivity contribution in [3.8, 4) is 0 Å². The number of halogens is 1. The summed E-state index contributed by atoms with van der Waals surface area (Å²) in [6.07, 6.45) is 3.06. The number of aromatic nitrogens is 1. The highest BCUT2D eigenvalue weighted by molar-refractivity contribution is 6.31. The molecule has 118 valence electrons. The van der Waals surface area contributed by atoms with E-state index in [4.69, 9.17) is 22.1 Å². The van der Waals surface area contributed by atoms with Crippen molar-refractivity contribution in [2.24, 2.45) is 10.7 Å². The van der Waals surface area contributed by atoms with E-state index in [0.29, 0.717) is 19.1 Å². The van der Waals surface area contributed by atoms with Crippen LogP contribution in [-0.2, 0) is 11.2 Å². The Morgan fingerprint density at radius 3 is 3.23 bits per heavy atom. The summed E-state index contributed by atoms with van der Waals surface area (Å²) < 4.78 is 5.51. The summed E-state index contributed by atoms with van der Waals surface area (Å²) in [7, 11) is 0. The number of nitrogens with two attached hydrogens (primary N) is 1. The van der Waals surface area contributed by atoms with Gasteiger partial charge in [0.15, 0.2) is 5.96 Å². The molecule has 0 bridgehead atoms. The molecule has 1 aromatic heterocycles. The first-order chi connectivity index (χ1) is 10.6. The number of aromatic amines is 1. The van der Waals surface area contributed by atoms with E-state index in [0.717, 1.165) is 35.4 Å². The highest BCUT2D eigenvalue weighted by atomic mass is 35.5. The average Bonchev–Trinajstić information content (AvgIpc) is 2.89. The van der Waals surface area contributed by atoms with Gasteiger partial charge in [0, 0.05) is 41.8 Å². The molecule has 2 heterocycles. The van der Waals surface area contributed by atoms with Crippen LogP contribution in [0.3, 0.4) is 0 Å². The second kappa shape index (κ2) is 6.58. The number of hydrogen-bond donors (Lipinski definition) is 2. The number of aliphatic imine (C=N–C) groups is 1. The number of nitrogens with zero attached hydrogens (tertiary/aromatic N) is 2. The Morgan fingerprint density at radius 1 is 1.55 bits per heavy atom. The first-order valence-corrected chi connectivity index (χ1v) is 7.93. The first-order valence-electron chi connectivity index (χ1n) is 7.55. The number of H-pyrrole nitrogens is 1.